The number of amides is 1. The summed E-state index contributed by atoms with van der Waals surface area (Å²) in [7, 11) is 0. The molecule has 1 aromatic heterocycles. The molecule has 1 amide bonds. The Balaban J connectivity index is 1.82. The van der Waals surface area contributed by atoms with Crippen LogP contribution in [0.2, 0.25) is 5.02 Å². The molecule has 0 unspecified atom stereocenters. The normalized spacial score (nSPS) is 16.3. The van der Waals surface area contributed by atoms with Crippen molar-refractivity contribution in [1.82, 2.24) is 10.3 Å². The maximum atomic E-state index is 12.1. The highest BCUT2D eigenvalue weighted by molar-refractivity contribution is 6.31. The highest BCUT2D eigenvalue weighted by atomic mass is 35.5. The van der Waals surface area contributed by atoms with Crippen LogP contribution >= 0.6 is 11.6 Å². The summed E-state index contributed by atoms with van der Waals surface area (Å²) < 4.78 is 0. The smallest absolute Gasteiger partial charge is 0.267 e. The summed E-state index contributed by atoms with van der Waals surface area (Å²) >= 11 is 5.93. The maximum absolute atomic E-state index is 12.1. The molecule has 3 nitrogen and oxygen atoms in total. The zero-order valence-electron chi connectivity index (χ0n) is 10.0. The van der Waals surface area contributed by atoms with E-state index in [1.807, 2.05) is 24.3 Å². The summed E-state index contributed by atoms with van der Waals surface area (Å²) in [5.41, 5.74) is 1.55. The molecule has 1 aromatic carbocycles. The Morgan fingerprint density at radius 3 is 2.83 bits per heavy atom. The number of aromatic amines is 1. The minimum absolute atomic E-state index is 0.0192. The second kappa shape index (κ2) is 4.65. The van der Waals surface area contributed by atoms with E-state index in [4.69, 9.17) is 11.6 Å². The first-order valence-corrected chi connectivity index (χ1v) is 6.69. The SMILES string of the molecule is O=C(NC1CCCC1)c1cc2cc(Cl)ccc2[nH]1. The van der Waals surface area contributed by atoms with Crippen molar-refractivity contribution in [3.05, 3.63) is 35.0 Å². The van der Waals surface area contributed by atoms with E-state index < -0.39 is 0 Å². The van der Waals surface area contributed by atoms with Gasteiger partial charge in [0.1, 0.15) is 5.69 Å². The van der Waals surface area contributed by atoms with Crippen molar-refractivity contribution < 1.29 is 4.79 Å². The van der Waals surface area contributed by atoms with E-state index in [9.17, 15) is 4.79 Å². The van der Waals surface area contributed by atoms with Gasteiger partial charge in [0.15, 0.2) is 0 Å². The van der Waals surface area contributed by atoms with Crippen LogP contribution in [0.5, 0.6) is 0 Å². The van der Waals surface area contributed by atoms with Crippen LogP contribution < -0.4 is 5.32 Å². The number of carbonyl (C=O) groups is 1. The average molecular weight is 263 g/mol. The summed E-state index contributed by atoms with van der Waals surface area (Å²) in [4.78, 5) is 15.2. The van der Waals surface area contributed by atoms with Crippen LogP contribution in [-0.4, -0.2) is 16.9 Å². The second-order valence-corrected chi connectivity index (χ2v) is 5.31. The van der Waals surface area contributed by atoms with Gasteiger partial charge < -0.3 is 10.3 Å². The minimum Gasteiger partial charge on any atom is -0.351 e. The van der Waals surface area contributed by atoms with Gasteiger partial charge in [-0.15, -0.1) is 0 Å². The molecule has 1 aliphatic rings. The van der Waals surface area contributed by atoms with Crippen LogP contribution in [0.4, 0.5) is 0 Å². The molecular formula is C14H15ClN2O. The molecule has 0 aliphatic heterocycles. The van der Waals surface area contributed by atoms with Crippen LogP contribution in [0.3, 0.4) is 0 Å². The lowest BCUT2D eigenvalue weighted by atomic mass is 10.2. The molecule has 0 bridgehead atoms. The summed E-state index contributed by atoms with van der Waals surface area (Å²) in [5.74, 6) is -0.0192. The Labute approximate surface area is 111 Å². The number of aromatic nitrogens is 1. The largest absolute Gasteiger partial charge is 0.351 e. The molecule has 1 saturated carbocycles. The van der Waals surface area contributed by atoms with Gasteiger partial charge in [-0.2, -0.15) is 0 Å². The Bertz CT molecular complexity index is 584. The van der Waals surface area contributed by atoms with Gasteiger partial charge in [-0.05, 0) is 37.1 Å². The van der Waals surface area contributed by atoms with Gasteiger partial charge in [0, 0.05) is 22.0 Å². The minimum atomic E-state index is -0.0192. The van der Waals surface area contributed by atoms with Crippen LogP contribution in [0.15, 0.2) is 24.3 Å². The van der Waals surface area contributed by atoms with Gasteiger partial charge in [0.2, 0.25) is 0 Å². The molecule has 0 radical (unpaired) electrons. The van der Waals surface area contributed by atoms with Crippen molar-refractivity contribution in [3.8, 4) is 0 Å². The van der Waals surface area contributed by atoms with Gasteiger partial charge in [-0.3, -0.25) is 4.79 Å². The van der Waals surface area contributed by atoms with Crippen LogP contribution in [0.25, 0.3) is 10.9 Å². The number of rotatable bonds is 2. The molecule has 0 saturated heterocycles. The molecule has 2 aromatic rings. The van der Waals surface area contributed by atoms with E-state index in [1.165, 1.54) is 12.8 Å². The third-order valence-corrected chi connectivity index (χ3v) is 3.75. The molecule has 3 rings (SSSR count). The average Bonchev–Trinajstić information content (AvgIpc) is 2.96. The van der Waals surface area contributed by atoms with Crippen molar-refractivity contribution in [2.45, 2.75) is 31.7 Å². The number of benzene rings is 1. The van der Waals surface area contributed by atoms with E-state index >= 15 is 0 Å². The van der Waals surface area contributed by atoms with Crippen molar-refractivity contribution in [3.63, 3.8) is 0 Å². The molecule has 1 fully saturated rings. The van der Waals surface area contributed by atoms with Crippen molar-refractivity contribution >= 4 is 28.4 Å². The Hall–Kier alpha value is -1.48. The molecule has 4 heteroatoms. The predicted octanol–water partition coefficient (Wildman–Crippen LogP) is 3.49. The number of H-pyrrole nitrogens is 1. The van der Waals surface area contributed by atoms with Gasteiger partial charge >= 0.3 is 0 Å². The van der Waals surface area contributed by atoms with E-state index in [2.05, 4.69) is 10.3 Å². The Morgan fingerprint density at radius 2 is 2.06 bits per heavy atom. The molecule has 2 N–H and O–H groups in total. The van der Waals surface area contributed by atoms with Crippen LogP contribution in [-0.2, 0) is 0 Å². The highest BCUT2D eigenvalue weighted by Gasteiger charge is 2.18. The van der Waals surface area contributed by atoms with Crippen LogP contribution in [0.1, 0.15) is 36.2 Å². The van der Waals surface area contributed by atoms with Crippen molar-refractivity contribution in [2.75, 3.05) is 0 Å². The van der Waals surface area contributed by atoms with Crippen molar-refractivity contribution in [2.24, 2.45) is 0 Å². The number of halogens is 1. The van der Waals surface area contributed by atoms with E-state index in [1.54, 1.807) is 0 Å². The van der Waals surface area contributed by atoms with Gasteiger partial charge in [0.05, 0.1) is 0 Å². The summed E-state index contributed by atoms with van der Waals surface area (Å²) in [6.45, 7) is 0. The number of fused-ring (bicyclic) bond motifs is 1. The molecule has 1 heterocycles. The topological polar surface area (TPSA) is 44.9 Å². The lowest BCUT2D eigenvalue weighted by Crippen LogP contribution is -2.32. The Morgan fingerprint density at radius 1 is 1.28 bits per heavy atom. The fraction of sp³-hybridized carbons (Fsp3) is 0.357. The number of carbonyl (C=O) groups excluding carboxylic acids is 1. The zero-order chi connectivity index (χ0) is 12.5. The van der Waals surface area contributed by atoms with E-state index in [-0.39, 0.29) is 5.91 Å². The summed E-state index contributed by atoms with van der Waals surface area (Å²) in [6, 6.07) is 7.77. The molecule has 1 aliphatic carbocycles. The van der Waals surface area contributed by atoms with Crippen molar-refractivity contribution in [1.29, 1.82) is 0 Å². The number of hydrogen-bond donors (Lipinski definition) is 2. The fourth-order valence-corrected chi connectivity index (χ4v) is 2.74. The van der Waals surface area contributed by atoms with Gasteiger partial charge in [-0.1, -0.05) is 24.4 Å². The molecule has 0 atom stereocenters. The van der Waals surface area contributed by atoms with E-state index in [0.29, 0.717) is 16.8 Å². The molecule has 94 valence electrons. The third-order valence-electron chi connectivity index (χ3n) is 3.52. The fourth-order valence-electron chi connectivity index (χ4n) is 2.56. The predicted molar refractivity (Wildman–Crippen MR) is 73.0 cm³/mol. The van der Waals surface area contributed by atoms with Crippen LogP contribution in [0, 0.1) is 0 Å². The Kier molecular flexibility index (Phi) is 3.00. The summed E-state index contributed by atoms with van der Waals surface area (Å²) in [6.07, 6.45) is 4.62. The first kappa shape index (κ1) is 11.6. The number of nitrogens with one attached hydrogen (secondary N) is 2. The maximum Gasteiger partial charge on any atom is 0.267 e. The van der Waals surface area contributed by atoms with Gasteiger partial charge in [-0.25, -0.2) is 0 Å². The lowest BCUT2D eigenvalue weighted by Gasteiger charge is -2.10. The van der Waals surface area contributed by atoms with Gasteiger partial charge in [0.25, 0.3) is 5.91 Å². The standard InChI is InChI=1S/C14H15ClN2O/c15-10-5-6-12-9(7-10)8-13(17-12)14(18)16-11-3-1-2-4-11/h5-8,11,17H,1-4H2,(H,16,18). The van der Waals surface area contributed by atoms with E-state index in [0.717, 1.165) is 23.7 Å². The quantitative estimate of drug-likeness (QED) is 0.855. The molecule has 18 heavy (non-hydrogen) atoms. The number of hydrogen-bond acceptors (Lipinski definition) is 1. The third kappa shape index (κ3) is 2.23. The first-order chi connectivity index (χ1) is 8.72. The lowest BCUT2D eigenvalue weighted by molar-refractivity contribution is 0.0933. The monoisotopic (exact) mass is 262 g/mol. The summed E-state index contributed by atoms with van der Waals surface area (Å²) in [5, 5.41) is 4.72. The molecule has 0 spiro atoms. The first-order valence-electron chi connectivity index (χ1n) is 6.31. The zero-order valence-corrected chi connectivity index (χ0v) is 10.8. The second-order valence-electron chi connectivity index (χ2n) is 4.87. The molecular weight excluding hydrogens is 248 g/mol. The highest BCUT2D eigenvalue weighted by Crippen LogP contribution is 2.21.